The van der Waals surface area contributed by atoms with E-state index in [4.69, 9.17) is 4.99 Å². The van der Waals surface area contributed by atoms with E-state index in [2.05, 4.69) is 66.4 Å². The molecule has 2 aromatic carbocycles. The van der Waals surface area contributed by atoms with Crippen LogP contribution in [0.3, 0.4) is 0 Å². The van der Waals surface area contributed by atoms with Crippen molar-refractivity contribution in [2.24, 2.45) is 10.9 Å². The average Bonchev–Trinajstić information content (AvgIpc) is 3.28. The Balaban J connectivity index is 1.50. The summed E-state index contributed by atoms with van der Waals surface area (Å²) >= 11 is 0. The Morgan fingerprint density at radius 3 is 2.28 bits per heavy atom. The molecule has 1 saturated heterocycles. The van der Waals surface area contributed by atoms with E-state index in [-0.39, 0.29) is 0 Å². The van der Waals surface area contributed by atoms with Crippen molar-refractivity contribution < 1.29 is 0 Å². The van der Waals surface area contributed by atoms with Crippen LogP contribution >= 0.6 is 0 Å². The van der Waals surface area contributed by atoms with Crippen molar-refractivity contribution in [1.29, 1.82) is 0 Å². The lowest BCUT2D eigenvalue weighted by Crippen LogP contribution is -2.27. The van der Waals surface area contributed by atoms with E-state index in [1.54, 1.807) is 0 Å². The van der Waals surface area contributed by atoms with Crippen LogP contribution in [0.25, 0.3) is 0 Å². The third-order valence-electron chi connectivity index (χ3n) is 6.27. The average molecular weight is 330 g/mol. The van der Waals surface area contributed by atoms with Crippen molar-refractivity contribution in [3.05, 3.63) is 71.3 Å². The van der Waals surface area contributed by atoms with Gasteiger partial charge in [0.2, 0.25) is 0 Å². The van der Waals surface area contributed by atoms with Gasteiger partial charge in [-0.25, -0.2) is 0 Å². The van der Waals surface area contributed by atoms with Crippen LogP contribution in [0, 0.1) is 12.8 Å². The maximum absolute atomic E-state index is 5.26. The molecule has 0 radical (unpaired) electrons. The lowest BCUT2D eigenvalue weighted by molar-refractivity contribution is 0.219. The minimum absolute atomic E-state index is 0.395. The maximum atomic E-state index is 5.26. The van der Waals surface area contributed by atoms with Crippen LogP contribution in [0.2, 0.25) is 0 Å². The Kier molecular flexibility index (Phi) is 3.74. The smallest absolute Gasteiger partial charge is 0.106 e. The summed E-state index contributed by atoms with van der Waals surface area (Å²) in [4.78, 5) is 7.94. The maximum Gasteiger partial charge on any atom is 0.106 e. The number of hydrogen-bond acceptors (Lipinski definition) is 2. The molecule has 0 N–H and O–H groups in total. The molecule has 2 aromatic rings. The van der Waals surface area contributed by atoms with Crippen LogP contribution in [-0.4, -0.2) is 22.8 Å². The van der Waals surface area contributed by atoms with Gasteiger partial charge in [-0.2, -0.15) is 0 Å². The Morgan fingerprint density at radius 1 is 0.840 bits per heavy atom. The van der Waals surface area contributed by atoms with Crippen molar-refractivity contribution >= 4 is 5.71 Å². The van der Waals surface area contributed by atoms with E-state index in [1.807, 2.05) is 0 Å². The monoisotopic (exact) mass is 330 g/mol. The van der Waals surface area contributed by atoms with E-state index in [0.717, 1.165) is 5.92 Å². The van der Waals surface area contributed by atoms with Gasteiger partial charge in [-0.05, 0) is 36.8 Å². The number of hydrogen-bond donors (Lipinski definition) is 0. The van der Waals surface area contributed by atoms with E-state index in [0.29, 0.717) is 18.2 Å². The molecule has 5 rings (SSSR count). The first-order valence-corrected chi connectivity index (χ1v) is 9.80. The van der Waals surface area contributed by atoms with Crippen molar-refractivity contribution in [3.8, 4) is 0 Å². The SMILES string of the molecule is Cc1ccc(C2=N[C@H](C3CCCCC3)N3[C@@H]2[C@@H]3c2ccccc2)cc1. The highest BCUT2D eigenvalue weighted by molar-refractivity contribution is 6.08. The molecular formula is C23H26N2. The van der Waals surface area contributed by atoms with Crippen molar-refractivity contribution in [2.75, 3.05) is 0 Å². The van der Waals surface area contributed by atoms with Gasteiger partial charge < -0.3 is 0 Å². The quantitative estimate of drug-likeness (QED) is 0.712. The highest BCUT2D eigenvalue weighted by atomic mass is 15.5. The molecule has 0 bridgehead atoms. The van der Waals surface area contributed by atoms with Crippen LogP contribution in [0.15, 0.2) is 59.6 Å². The van der Waals surface area contributed by atoms with Crippen LogP contribution in [-0.2, 0) is 0 Å². The topological polar surface area (TPSA) is 15.4 Å². The Bertz CT molecular complexity index is 771. The molecule has 4 atom stereocenters. The van der Waals surface area contributed by atoms with Crippen LogP contribution < -0.4 is 0 Å². The molecular weight excluding hydrogens is 304 g/mol. The molecule has 1 unspecified atom stereocenters. The summed E-state index contributed by atoms with van der Waals surface area (Å²) in [7, 11) is 0. The van der Waals surface area contributed by atoms with Crippen molar-refractivity contribution in [2.45, 2.75) is 57.3 Å². The molecule has 0 amide bonds. The third kappa shape index (κ3) is 2.64. The van der Waals surface area contributed by atoms with Gasteiger partial charge in [0, 0.05) is 0 Å². The summed E-state index contributed by atoms with van der Waals surface area (Å²) in [6, 6.07) is 21.0. The molecule has 0 spiro atoms. The molecule has 2 heterocycles. The Labute approximate surface area is 150 Å². The van der Waals surface area contributed by atoms with E-state index >= 15 is 0 Å². The molecule has 128 valence electrons. The standard InChI is InChI=1S/C23H26N2/c1-16-12-14-17(15-13-16)20-22-21(18-8-4-2-5-9-18)25(22)23(24-20)19-10-6-3-7-11-19/h2,4-5,8-9,12-15,19,21-23H,3,6-7,10-11H2,1H3/t21-,22-,23-,25?/m0/s1. The molecule has 1 aliphatic carbocycles. The highest BCUT2D eigenvalue weighted by Crippen LogP contribution is 2.53. The molecule has 0 aromatic heterocycles. The summed E-state index contributed by atoms with van der Waals surface area (Å²) in [6.45, 7) is 2.15. The first-order valence-electron chi connectivity index (χ1n) is 9.80. The number of rotatable bonds is 3. The number of aliphatic imine (C=N–C) groups is 1. The fraction of sp³-hybridized carbons (Fsp3) is 0.435. The summed E-state index contributed by atoms with van der Waals surface area (Å²) in [6.07, 6.45) is 7.26. The second-order valence-corrected chi connectivity index (χ2v) is 7.94. The van der Waals surface area contributed by atoms with E-state index in [1.165, 1.54) is 54.5 Å². The Morgan fingerprint density at radius 2 is 1.56 bits per heavy atom. The number of fused-ring (bicyclic) bond motifs is 1. The first-order chi connectivity index (χ1) is 12.3. The zero-order valence-corrected chi connectivity index (χ0v) is 14.9. The van der Waals surface area contributed by atoms with Gasteiger partial charge in [0.25, 0.3) is 0 Å². The fourth-order valence-corrected chi connectivity index (χ4v) is 4.91. The third-order valence-corrected chi connectivity index (χ3v) is 6.27. The van der Waals surface area contributed by atoms with Gasteiger partial charge in [-0.3, -0.25) is 9.89 Å². The zero-order valence-electron chi connectivity index (χ0n) is 14.9. The van der Waals surface area contributed by atoms with Crippen LogP contribution in [0.1, 0.15) is 54.8 Å². The molecule has 3 aliphatic rings. The summed E-state index contributed by atoms with van der Waals surface area (Å²) < 4.78 is 0. The van der Waals surface area contributed by atoms with Crippen molar-refractivity contribution in [3.63, 3.8) is 0 Å². The van der Waals surface area contributed by atoms with Gasteiger partial charge in [-0.15, -0.1) is 0 Å². The summed E-state index contributed by atoms with van der Waals surface area (Å²) in [5, 5.41) is 0. The normalized spacial score (nSPS) is 31.5. The summed E-state index contributed by atoms with van der Waals surface area (Å²) in [5.41, 5.74) is 5.41. The number of aryl methyl sites for hydroxylation is 1. The van der Waals surface area contributed by atoms with E-state index in [9.17, 15) is 0 Å². The lowest BCUT2D eigenvalue weighted by atomic mass is 9.87. The zero-order chi connectivity index (χ0) is 16.8. The summed E-state index contributed by atoms with van der Waals surface area (Å²) in [5.74, 6) is 0.743. The molecule has 2 fully saturated rings. The first kappa shape index (κ1) is 15.3. The minimum atomic E-state index is 0.395. The van der Waals surface area contributed by atoms with Gasteiger partial charge in [0.05, 0.1) is 17.8 Å². The molecule has 2 nitrogen and oxygen atoms in total. The number of nitrogens with zero attached hydrogens (tertiary/aromatic N) is 2. The second-order valence-electron chi connectivity index (χ2n) is 7.94. The Hall–Kier alpha value is -1.93. The lowest BCUT2D eigenvalue weighted by Gasteiger charge is -2.28. The second kappa shape index (κ2) is 6.10. The predicted octanol–water partition coefficient (Wildman–Crippen LogP) is 5.13. The van der Waals surface area contributed by atoms with Crippen LogP contribution in [0.5, 0.6) is 0 Å². The largest absolute Gasteiger partial charge is 0.268 e. The van der Waals surface area contributed by atoms with E-state index < -0.39 is 0 Å². The molecule has 2 aliphatic heterocycles. The van der Waals surface area contributed by atoms with Crippen molar-refractivity contribution in [1.82, 2.24) is 4.90 Å². The minimum Gasteiger partial charge on any atom is -0.268 e. The predicted molar refractivity (Wildman–Crippen MR) is 103 cm³/mol. The molecule has 1 saturated carbocycles. The van der Waals surface area contributed by atoms with Crippen LogP contribution in [0.4, 0.5) is 0 Å². The fourth-order valence-electron chi connectivity index (χ4n) is 4.91. The van der Waals surface area contributed by atoms with Gasteiger partial charge in [-0.1, -0.05) is 79.4 Å². The van der Waals surface area contributed by atoms with Gasteiger partial charge >= 0.3 is 0 Å². The highest BCUT2D eigenvalue weighted by Gasteiger charge is 2.60. The molecule has 25 heavy (non-hydrogen) atoms. The number of benzene rings is 2. The van der Waals surface area contributed by atoms with Gasteiger partial charge in [0.1, 0.15) is 6.17 Å². The van der Waals surface area contributed by atoms with Gasteiger partial charge in [0.15, 0.2) is 0 Å². The molecule has 2 heteroatoms.